The minimum Gasteiger partial charge on any atom is -0.469 e. The lowest BCUT2D eigenvalue weighted by Crippen LogP contribution is -2.47. The molecule has 2 rings (SSSR count). The molecule has 0 radical (unpaired) electrons. The van der Waals surface area contributed by atoms with Gasteiger partial charge in [-0.1, -0.05) is 29.8 Å². The molecule has 2 unspecified atom stereocenters. The quantitative estimate of drug-likeness (QED) is 0.851. The number of nitrogens with two attached hydrogens (primary N) is 1. The van der Waals surface area contributed by atoms with Crippen molar-refractivity contribution in [1.82, 2.24) is 4.90 Å². The number of aryl methyl sites for hydroxylation is 1. The minimum atomic E-state index is -0.139. The predicted octanol–water partition coefficient (Wildman–Crippen LogP) is 1.71. The summed E-state index contributed by atoms with van der Waals surface area (Å²) in [6.45, 7) is 4.79. The average molecular weight is 276 g/mol. The molecule has 0 aromatic heterocycles. The number of esters is 1. The summed E-state index contributed by atoms with van der Waals surface area (Å²) >= 11 is 0. The Morgan fingerprint density at radius 3 is 2.70 bits per heavy atom. The molecule has 2 N–H and O–H groups in total. The molecule has 20 heavy (non-hydrogen) atoms. The summed E-state index contributed by atoms with van der Waals surface area (Å²) in [5, 5.41) is 0. The fourth-order valence-electron chi connectivity index (χ4n) is 2.90. The number of rotatable bonds is 4. The van der Waals surface area contributed by atoms with Crippen LogP contribution in [0.25, 0.3) is 0 Å². The topological polar surface area (TPSA) is 55.6 Å². The zero-order valence-electron chi connectivity index (χ0n) is 12.3. The van der Waals surface area contributed by atoms with Gasteiger partial charge in [-0.2, -0.15) is 0 Å². The zero-order valence-corrected chi connectivity index (χ0v) is 12.3. The molecule has 0 saturated carbocycles. The van der Waals surface area contributed by atoms with E-state index in [1.165, 1.54) is 18.2 Å². The third-order valence-corrected chi connectivity index (χ3v) is 3.85. The molecule has 0 aliphatic carbocycles. The van der Waals surface area contributed by atoms with Gasteiger partial charge in [0.15, 0.2) is 0 Å². The number of benzene rings is 1. The number of likely N-dealkylation sites (tertiary alicyclic amines) is 1. The molecule has 1 aromatic rings. The number of ether oxygens (including phenoxy) is 1. The van der Waals surface area contributed by atoms with Crippen LogP contribution in [-0.4, -0.2) is 37.1 Å². The lowest BCUT2D eigenvalue weighted by Gasteiger charge is -2.36. The first-order chi connectivity index (χ1) is 9.56. The van der Waals surface area contributed by atoms with Gasteiger partial charge < -0.3 is 10.5 Å². The maximum Gasteiger partial charge on any atom is 0.305 e. The molecule has 1 aromatic carbocycles. The average Bonchev–Trinajstić information content (AvgIpc) is 2.40. The smallest absolute Gasteiger partial charge is 0.305 e. The zero-order chi connectivity index (χ0) is 14.5. The molecule has 0 amide bonds. The number of hydrogen-bond donors (Lipinski definition) is 1. The molecule has 4 heteroatoms. The molecular weight excluding hydrogens is 252 g/mol. The van der Waals surface area contributed by atoms with Crippen LogP contribution in [0, 0.1) is 12.8 Å². The Labute approximate surface area is 120 Å². The van der Waals surface area contributed by atoms with Gasteiger partial charge in [-0.05, 0) is 24.8 Å². The van der Waals surface area contributed by atoms with Gasteiger partial charge in [0.25, 0.3) is 0 Å². The Hall–Kier alpha value is -1.39. The second kappa shape index (κ2) is 6.86. The second-order valence-corrected chi connectivity index (χ2v) is 5.82. The van der Waals surface area contributed by atoms with Crippen LogP contribution in [0.4, 0.5) is 0 Å². The number of carbonyl (C=O) groups excluding carboxylic acids is 1. The van der Waals surface area contributed by atoms with Crippen LogP contribution in [-0.2, 0) is 16.1 Å². The third kappa shape index (κ3) is 4.32. The van der Waals surface area contributed by atoms with Crippen molar-refractivity contribution in [3.8, 4) is 0 Å². The Morgan fingerprint density at radius 2 is 2.05 bits per heavy atom. The lowest BCUT2D eigenvalue weighted by atomic mass is 9.91. The van der Waals surface area contributed by atoms with Gasteiger partial charge in [-0.3, -0.25) is 9.69 Å². The van der Waals surface area contributed by atoms with E-state index in [1.807, 2.05) is 0 Å². The van der Waals surface area contributed by atoms with Crippen molar-refractivity contribution in [3.05, 3.63) is 35.4 Å². The predicted molar refractivity (Wildman–Crippen MR) is 79.2 cm³/mol. The van der Waals surface area contributed by atoms with Gasteiger partial charge in [0.1, 0.15) is 0 Å². The van der Waals surface area contributed by atoms with E-state index in [4.69, 9.17) is 10.5 Å². The van der Waals surface area contributed by atoms with E-state index in [-0.39, 0.29) is 12.0 Å². The van der Waals surface area contributed by atoms with E-state index in [9.17, 15) is 4.79 Å². The van der Waals surface area contributed by atoms with Crippen molar-refractivity contribution in [2.45, 2.75) is 32.4 Å². The van der Waals surface area contributed by atoms with E-state index >= 15 is 0 Å². The number of methoxy groups -OCH3 is 1. The maximum atomic E-state index is 11.4. The fraction of sp³-hybridized carbons (Fsp3) is 0.562. The standard InChI is InChI=1S/C16H24N2O2/c1-12-3-5-13(6-4-12)9-18-10-14(7-15(17)11-18)8-16(19)20-2/h3-6,14-15H,7-11,17H2,1-2H3. The highest BCUT2D eigenvalue weighted by atomic mass is 16.5. The van der Waals surface area contributed by atoms with Gasteiger partial charge in [0.2, 0.25) is 0 Å². The Morgan fingerprint density at radius 1 is 1.35 bits per heavy atom. The molecule has 0 bridgehead atoms. The highest BCUT2D eigenvalue weighted by Crippen LogP contribution is 2.21. The summed E-state index contributed by atoms with van der Waals surface area (Å²) < 4.78 is 4.76. The van der Waals surface area contributed by atoms with Crippen molar-refractivity contribution in [2.24, 2.45) is 11.7 Å². The number of nitrogens with zero attached hydrogens (tertiary/aromatic N) is 1. The van der Waals surface area contributed by atoms with Gasteiger partial charge >= 0.3 is 5.97 Å². The molecule has 1 saturated heterocycles. The molecule has 2 atom stereocenters. The summed E-state index contributed by atoms with van der Waals surface area (Å²) in [5.74, 6) is 0.163. The first-order valence-corrected chi connectivity index (χ1v) is 7.17. The van der Waals surface area contributed by atoms with Crippen molar-refractivity contribution in [1.29, 1.82) is 0 Å². The van der Waals surface area contributed by atoms with Crippen LogP contribution >= 0.6 is 0 Å². The molecule has 1 heterocycles. The fourth-order valence-corrected chi connectivity index (χ4v) is 2.90. The van der Waals surface area contributed by atoms with Crippen LogP contribution in [0.15, 0.2) is 24.3 Å². The molecular formula is C16H24N2O2. The van der Waals surface area contributed by atoms with Crippen molar-refractivity contribution < 1.29 is 9.53 Å². The summed E-state index contributed by atoms with van der Waals surface area (Å²) in [5.41, 5.74) is 8.68. The highest BCUT2D eigenvalue weighted by Gasteiger charge is 2.26. The van der Waals surface area contributed by atoms with Crippen LogP contribution in [0.1, 0.15) is 24.0 Å². The molecule has 1 aliphatic rings. The van der Waals surface area contributed by atoms with Crippen molar-refractivity contribution in [2.75, 3.05) is 20.2 Å². The van der Waals surface area contributed by atoms with E-state index < -0.39 is 0 Å². The van der Waals surface area contributed by atoms with Gasteiger partial charge in [0, 0.05) is 32.1 Å². The largest absolute Gasteiger partial charge is 0.469 e. The summed E-state index contributed by atoms with van der Waals surface area (Å²) in [7, 11) is 1.44. The molecule has 1 fully saturated rings. The molecule has 4 nitrogen and oxygen atoms in total. The van der Waals surface area contributed by atoms with Crippen LogP contribution in [0.2, 0.25) is 0 Å². The van der Waals surface area contributed by atoms with Crippen molar-refractivity contribution in [3.63, 3.8) is 0 Å². The van der Waals surface area contributed by atoms with E-state index in [0.29, 0.717) is 12.3 Å². The van der Waals surface area contributed by atoms with Crippen LogP contribution in [0.5, 0.6) is 0 Å². The normalized spacial score (nSPS) is 23.6. The number of carbonyl (C=O) groups is 1. The molecule has 110 valence electrons. The van der Waals surface area contributed by atoms with E-state index in [2.05, 4.69) is 36.1 Å². The second-order valence-electron chi connectivity index (χ2n) is 5.82. The Bertz CT molecular complexity index is 444. The Balaban J connectivity index is 1.93. The van der Waals surface area contributed by atoms with Gasteiger partial charge in [0.05, 0.1) is 7.11 Å². The SMILES string of the molecule is COC(=O)CC1CC(N)CN(Cc2ccc(C)cc2)C1. The number of piperidine rings is 1. The third-order valence-electron chi connectivity index (χ3n) is 3.85. The molecule has 0 spiro atoms. The highest BCUT2D eigenvalue weighted by molar-refractivity contribution is 5.69. The first kappa shape index (κ1) is 15.0. The maximum absolute atomic E-state index is 11.4. The Kier molecular flexibility index (Phi) is 5.15. The minimum absolute atomic E-state index is 0.139. The summed E-state index contributed by atoms with van der Waals surface area (Å²) in [6, 6.07) is 8.72. The van der Waals surface area contributed by atoms with Crippen LogP contribution in [0.3, 0.4) is 0 Å². The molecule has 1 aliphatic heterocycles. The summed E-state index contributed by atoms with van der Waals surface area (Å²) in [4.78, 5) is 13.7. The lowest BCUT2D eigenvalue weighted by molar-refractivity contribution is -0.142. The summed E-state index contributed by atoms with van der Waals surface area (Å²) in [6.07, 6.45) is 1.37. The van der Waals surface area contributed by atoms with Crippen molar-refractivity contribution >= 4 is 5.97 Å². The van der Waals surface area contributed by atoms with E-state index in [0.717, 1.165) is 26.1 Å². The number of hydrogen-bond acceptors (Lipinski definition) is 4. The van der Waals surface area contributed by atoms with Gasteiger partial charge in [-0.15, -0.1) is 0 Å². The monoisotopic (exact) mass is 276 g/mol. The van der Waals surface area contributed by atoms with E-state index in [1.54, 1.807) is 0 Å². The first-order valence-electron chi connectivity index (χ1n) is 7.17. The van der Waals surface area contributed by atoms with Crippen LogP contribution < -0.4 is 5.73 Å². The van der Waals surface area contributed by atoms with Gasteiger partial charge in [-0.25, -0.2) is 0 Å².